The molecule has 0 spiro atoms. The van der Waals surface area contributed by atoms with Crippen LogP contribution in [0.4, 0.5) is 0 Å². The number of aromatic hydroxyl groups is 1. The normalized spacial score (nSPS) is 25.5. The largest absolute Gasteiger partial charge is 0.508 e. The zero-order valence-corrected chi connectivity index (χ0v) is 16.0. The molecular formula is C19H25BO5S. The van der Waals surface area contributed by atoms with Gasteiger partial charge in [0.15, 0.2) is 9.84 Å². The van der Waals surface area contributed by atoms with E-state index in [0.29, 0.717) is 12.8 Å². The maximum Gasteiger partial charge on any atom is 0.456 e. The Morgan fingerprint density at radius 1 is 1.42 bits per heavy atom. The van der Waals surface area contributed by atoms with E-state index in [1.54, 1.807) is 18.2 Å². The molecule has 2 atom stereocenters. The molecule has 0 unspecified atom stereocenters. The smallest absolute Gasteiger partial charge is 0.456 e. The highest BCUT2D eigenvalue weighted by molar-refractivity contribution is 7.92. The summed E-state index contributed by atoms with van der Waals surface area (Å²) in [4.78, 5) is 0. The van der Waals surface area contributed by atoms with Gasteiger partial charge in [-0.1, -0.05) is 36.3 Å². The summed E-state index contributed by atoms with van der Waals surface area (Å²) < 4.78 is 30.6. The third-order valence-corrected chi connectivity index (χ3v) is 7.22. The van der Waals surface area contributed by atoms with Crippen LogP contribution in [0.25, 0.3) is 6.08 Å². The second-order valence-corrected chi connectivity index (χ2v) is 9.33. The zero-order valence-electron chi connectivity index (χ0n) is 15.2. The number of sulfone groups is 1. The summed E-state index contributed by atoms with van der Waals surface area (Å²) in [6.45, 7) is 3.97. The molecule has 0 saturated carbocycles. The average molecular weight is 376 g/mol. The average Bonchev–Trinajstić information content (AvgIpc) is 2.83. The third-order valence-electron chi connectivity index (χ3n) is 5.16. The Kier molecular flexibility index (Phi) is 5.60. The van der Waals surface area contributed by atoms with Crippen LogP contribution >= 0.6 is 0 Å². The summed E-state index contributed by atoms with van der Waals surface area (Å²) in [7, 11) is -4.25. The lowest BCUT2D eigenvalue weighted by Gasteiger charge is -2.32. The maximum absolute atomic E-state index is 12.4. The number of allylic oxidation sites excluding steroid dienone is 1. The number of phenolic OH excluding ortho intramolecular Hbond substituents is 1. The van der Waals surface area contributed by atoms with E-state index < -0.39 is 22.2 Å². The van der Waals surface area contributed by atoms with Crippen molar-refractivity contribution in [2.45, 2.75) is 50.8 Å². The van der Waals surface area contributed by atoms with Crippen molar-refractivity contribution < 1.29 is 23.2 Å². The number of fused-ring (bicyclic) bond motifs is 1. The molecule has 0 aliphatic carbocycles. The fourth-order valence-electron chi connectivity index (χ4n) is 3.92. The van der Waals surface area contributed by atoms with Crippen LogP contribution in [-0.2, 0) is 14.5 Å². The topological polar surface area (TPSA) is 83.8 Å². The first-order valence-corrected chi connectivity index (χ1v) is 10.7. The summed E-state index contributed by atoms with van der Waals surface area (Å²) in [5.41, 5.74) is 3.85. The van der Waals surface area contributed by atoms with Crippen LogP contribution < -0.4 is 0 Å². The van der Waals surface area contributed by atoms with E-state index in [2.05, 4.69) is 0 Å². The van der Waals surface area contributed by atoms with Crippen LogP contribution in [0.3, 0.4) is 0 Å². The van der Waals surface area contributed by atoms with Crippen LogP contribution in [0, 0.1) is 0 Å². The molecular weight excluding hydrogens is 351 g/mol. The number of hydrogen-bond donors (Lipinski definition) is 2. The minimum atomic E-state index is -3.22. The molecule has 1 fully saturated rings. The molecule has 2 N–H and O–H groups in total. The van der Waals surface area contributed by atoms with E-state index in [4.69, 9.17) is 4.65 Å². The summed E-state index contributed by atoms with van der Waals surface area (Å²) in [5, 5.41) is 19.0. The Hall–Kier alpha value is -1.57. The lowest BCUT2D eigenvalue weighted by Crippen LogP contribution is -2.41. The maximum atomic E-state index is 12.4. The van der Waals surface area contributed by atoms with Crippen LogP contribution in [0.5, 0.6) is 5.75 Å². The van der Waals surface area contributed by atoms with Crippen molar-refractivity contribution in [1.29, 1.82) is 0 Å². The SMILES string of the molecule is CCC1=C2[C@@H](CC/C(C)=C/c3cccc(O)c3)OB(O)C[C@@H]2S(=O)(=O)C1. The van der Waals surface area contributed by atoms with E-state index in [-0.39, 0.29) is 23.9 Å². The number of hydrogen-bond acceptors (Lipinski definition) is 5. The van der Waals surface area contributed by atoms with Gasteiger partial charge in [0.05, 0.1) is 17.1 Å². The molecule has 0 amide bonds. The molecule has 1 aromatic rings. The van der Waals surface area contributed by atoms with E-state index >= 15 is 0 Å². The Morgan fingerprint density at radius 3 is 2.88 bits per heavy atom. The zero-order chi connectivity index (χ0) is 18.9. The Labute approximate surface area is 155 Å². The van der Waals surface area contributed by atoms with Gasteiger partial charge in [0, 0.05) is 6.32 Å². The van der Waals surface area contributed by atoms with Gasteiger partial charge in [-0.05, 0) is 49.5 Å². The molecule has 0 bridgehead atoms. The minimum Gasteiger partial charge on any atom is -0.508 e. The van der Waals surface area contributed by atoms with Crippen LogP contribution in [0.1, 0.15) is 38.7 Å². The predicted molar refractivity (Wildman–Crippen MR) is 104 cm³/mol. The molecule has 26 heavy (non-hydrogen) atoms. The van der Waals surface area contributed by atoms with Gasteiger partial charge < -0.3 is 14.8 Å². The Bertz CT molecular complexity index is 843. The molecule has 0 aromatic heterocycles. The van der Waals surface area contributed by atoms with Crippen molar-refractivity contribution in [2.24, 2.45) is 0 Å². The third kappa shape index (κ3) is 4.05. The first-order valence-electron chi connectivity index (χ1n) is 9.03. The molecule has 2 heterocycles. The Balaban J connectivity index is 1.76. The van der Waals surface area contributed by atoms with Crippen molar-refractivity contribution in [1.82, 2.24) is 0 Å². The fourth-order valence-corrected chi connectivity index (χ4v) is 6.14. The van der Waals surface area contributed by atoms with Gasteiger partial charge in [0.1, 0.15) is 5.75 Å². The summed E-state index contributed by atoms with van der Waals surface area (Å²) in [6.07, 6.45) is 3.82. The first kappa shape index (κ1) is 19.2. The molecule has 2 aliphatic heterocycles. The second kappa shape index (κ2) is 7.58. The molecule has 3 rings (SSSR count). The highest BCUT2D eigenvalue weighted by Gasteiger charge is 2.47. The lowest BCUT2D eigenvalue weighted by atomic mass is 9.74. The highest BCUT2D eigenvalue weighted by Crippen LogP contribution is 2.40. The first-order chi connectivity index (χ1) is 12.3. The minimum absolute atomic E-state index is 0.0915. The monoisotopic (exact) mass is 376 g/mol. The van der Waals surface area contributed by atoms with Gasteiger partial charge in [-0.25, -0.2) is 8.42 Å². The molecule has 7 heteroatoms. The van der Waals surface area contributed by atoms with Crippen molar-refractivity contribution >= 4 is 23.0 Å². The van der Waals surface area contributed by atoms with Crippen molar-refractivity contribution in [2.75, 3.05) is 5.75 Å². The molecule has 140 valence electrons. The van der Waals surface area contributed by atoms with E-state index in [0.717, 1.165) is 28.7 Å². The number of benzene rings is 1. The number of phenols is 1. The molecule has 5 nitrogen and oxygen atoms in total. The van der Waals surface area contributed by atoms with E-state index in [1.807, 2.05) is 26.0 Å². The van der Waals surface area contributed by atoms with E-state index in [9.17, 15) is 18.5 Å². The molecule has 0 radical (unpaired) electrons. The second-order valence-electron chi connectivity index (χ2n) is 7.15. The van der Waals surface area contributed by atoms with Gasteiger partial charge in [-0.2, -0.15) is 0 Å². The quantitative estimate of drug-likeness (QED) is 0.610. The van der Waals surface area contributed by atoms with Crippen molar-refractivity contribution in [3.05, 3.63) is 46.5 Å². The Morgan fingerprint density at radius 2 is 2.19 bits per heavy atom. The lowest BCUT2D eigenvalue weighted by molar-refractivity contribution is 0.169. The van der Waals surface area contributed by atoms with Crippen molar-refractivity contribution in [3.8, 4) is 5.75 Å². The van der Waals surface area contributed by atoms with Gasteiger partial charge in [-0.15, -0.1) is 0 Å². The van der Waals surface area contributed by atoms with Crippen LogP contribution in [0.15, 0.2) is 41.0 Å². The van der Waals surface area contributed by atoms with Gasteiger partial charge in [-0.3, -0.25) is 0 Å². The van der Waals surface area contributed by atoms with Gasteiger partial charge in [0.2, 0.25) is 0 Å². The standard InChI is InChI=1S/C19H25BO5S/c1-3-15-12-26(23,24)18-11-20(22)25-17(19(15)18)8-7-13(2)9-14-5-4-6-16(21)10-14/h4-6,9-10,17-18,21-22H,3,7-8,11-12H2,1-2H3/b13-9+/t17-,18+/m1/s1. The molecule has 1 aromatic carbocycles. The fraction of sp³-hybridized carbons (Fsp3) is 0.474. The van der Waals surface area contributed by atoms with Crippen molar-refractivity contribution in [3.63, 3.8) is 0 Å². The van der Waals surface area contributed by atoms with E-state index in [1.165, 1.54) is 0 Å². The van der Waals surface area contributed by atoms with Gasteiger partial charge >= 0.3 is 7.12 Å². The molecule has 1 saturated heterocycles. The summed E-state index contributed by atoms with van der Waals surface area (Å²) in [5.74, 6) is 0.316. The highest BCUT2D eigenvalue weighted by atomic mass is 32.2. The van der Waals surface area contributed by atoms with Crippen LogP contribution in [-0.4, -0.2) is 42.8 Å². The summed E-state index contributed by atoms with van der Waals surface area (Å²) in [6, 6.07) is 7.04. The van der Waals surface area contributed by atoms with Crippen LogP contribution in [0.2, 0.25) is 6.32 Å². The van der Waals surface area contributed by atoms with Gasteiger partial charge in [0.25, 0.3) is 0 Å². The summed E-state index contributed by atoms with van der Waals surface area (Å²) >= 11 is 0. The predicted octanol–water partition coefficient (Wildman–Crippen LogP) is 2.96. The number of rotatable bonds is 5. The molecule has 2 aliphatic rings.